The molecular weight excluding hydrogens is 556 g/mol. The Labute approximate surface area is 244 Å². The van der Waals surface area contributed by atoms with Gasteiger partial charge in [-0.1, -0.05) is 30.3 Å². The Morgan fingerprint density at radius 2 is 1.78 bits per heavy atom. The average molecular weight is 589 g/mol. The van der Waals surface area contributed by atoms with E-state index >= 15 is 0 Å². The highest BCUT2D eigenvalue weighted by molar-refractivity contribution is 7.93. The van der Waals surface area contributed by atoms with Gasteiger partial charge in [0.2, 0.25) is 5.91 Å². The van der Waals surface area contributed by atoms with Gasteiger partial charge in [-0.3, -0.25) is 9.59 Å². The maximum absolute atomic E-state index is 13.4. The highest BCUT2D eigenvalue weighted by atomic mass is 32.2. The minimum atomic E-state index is -3.28. The smallest absolute Gasteiger partial charge is 0.259 e. The molecule has 2 amide bonds. The second-order valence-corrected chi connectivity index (χ2v) is 14.0. The topological polar surface area (TPSA) is 92.8 Å². The van der Waals surface area contributed by atoms with Crippen molar-refractivity contribution in [2.45, 2.75) is 36.3 Å². The van der Waals surface area contributed by atoms with Crippen molar-refractivity contribution in [2.24, 2.45) is 11.8 Å². The van der Waals surface area contributed by atoms with Crippen LogP contribution in [0.15, 0.2) is 76.3 Å². The minimum absolute atomic E-state index is 0.0292. The lowest BCUT2D eigenvalue weighted by Gasteiger charge is -2.27. The molecule has 2 aliphatic rings. The van der Waals surface area contributed by atoms with E-state index in [2.05, 4.69) is 5.32 Å². The fourth-order valence-electron chi connectivity index (χ4n) is 6.07. The zero-order chi connectivity index (χ0) is 28.6. The van der Waals surface area contributed by atoms with E-state index < -0.39 is 9.84 Å². The number of anilines is 2. The van der Waals surface area contributed by atoms with Gasteiger partial charge in [0, 0.05) is 34.5 Å². The van der Waals surface area contributed by atoms with E-state index in [4.69, 9.17) is 4.74 Å². The number of rotatable bonds is 9. The van der Waals surface area contributed by atoms with Gasteiger partial charge in [0.15, 0.2) is 9.84 Å². The van der Waals surface area contributed by atoms with Gasteiger partial charge in [-0.25, -0.2) is 8.42 Å². The van der Waals surface area contributed by atoms with E-state index in [1.165, 1.54) is 11.3 Å². The molecule has 3 aromatic carbocycles. The number of nitrogens with one attached hydrogen (secondary N) is 1. The van der Waals surface area contributed by atoms with Crippen molar-refractivity contribution in [1.29, 1.82) is 0 Å². The zero-order valence-electron chi connectivity index (χ0n) is 22.8. The molecular formula is C32H32N2O5S2. The molecule has 1 fully saturated rings. The van der Waals surface area contributed by atoms with Crippen molar-refractivity contribution in [3.8, 4) is 5.75 Å². The van der Waals surface area contributed by atoms with Crippen molar-refractivity contribution < 1.29 is 22.7 Å². The third-order valence-corrected chi connectivity index (χ3v) is 11.7. The Morgan fingerprint density at radius 3 is 2.49 bits per heavy atom. The number of thiophene rings is 1. The SMILES string of the molecule is COc1ccc(CCN2C(=O)c3cccc4c(NC(=O)C5CCC(CS(=O)(=O)c6cccs6)CC5)ccc2c34)cc1. The number of benzene rings is 3. The highest BCUT2D eigenvalue weighted by Gasteiger charge is 2.32. The number of hydrogen-bond donors (Lipinski definition) is 1. The summed E-state index contributed by atoms with van der Waals surface area (Å²) in [4.78, 5) is 28.5. The lowest BCUT2D eigenvalue weighted by molar-refractivity contribution is -0.120. The summed E-state index contributed by atoms with van der Waals surface area (Å²) < 4.78 is 31.0. The molecule has 0 bridgehead atoms. The summed E-state index contributed by atoms with van der Waals surface area (Å²) >= 11 is 1.25. The summed E-state index contributed by atoms with van der Waals surface area (Å²) in [5, 5.41) is 6.62. The minimum Gasteiger partial charge on any atom is -0.497 e. The molecule has 1 aliphatic heterocycles. The van der Waals surface area contributed by atoms with E-state index in [1.807, 2.05) is 59.5 Å². The van der Waals surface area contributed by atoms with Crippen LogP contribution in [0.5, 0.6) is 5.75 Å². The molecule has 0 spiro atoms. The van der Waals surface area contributed by atoms with Crippen LogP contribution < -0.4 is 15.0 Å². The van der Waals surface area contributed by atoms with Crippen LogP contribution in [0, 0.1) is 11.8 Å². The molecule has 9 heteroatoms. The van der Waals surface area contributed by atoms with Gasteiger partial charge < -0.3 is 15.0 Å². The quantitative estimate of drug-likeness (QED) is 0.247. The number of ether oxygens (including phenoxy) is 1. The van der Waals surface area contributed by atoms with Gasteiger partial charge in [-0.05, 0) is 85.4 Å². The lowest BCUT2D eigenvalue weighted by Crippen LogP contribution is -2.29. The summed E-state index contributed by atoms with van der Waals surface area (Å²) in [7, 11) is -1.64. The fourth-order valence-corrected chi connectivity index (χ4v) is 8.88. The van der Waals surface area contributed by atoms with E-state index in [0.717, 1.165) is 27.8 Å². The van der Waals surface area contributed by atoms with Gasteiger partial charge in [-0.15, -0.1) is 11.3 Å². The first kappa shape index (κ1) is 27.5. The van der Waals surface area contributed by atoms with Gasteiger partial charge in [-0.2, -0.15) is 0 Å². The second-order valence-electron chi connectivity index (χ2n) is 10.8. The molecule has 212 valence electrons. The second kappa shape index (κ2) is 11.3. The Balaban J connectivity index is 1.12. The first-order chi connectivity index (χ1) is 19.8. The predicted molar refractivity (Wildman–Crippen MR) is 163 cm³/mol. The number of methoxy groups -OCH3 is 1. The van der Waals surface area contributed by atoms with Gasteiger partial charge in [0.05, 0.1) is 18.6 Å². The van der Waals surface area contributed by atoms with Crippen LogP contribution >= 0.6 is 11.3 Å². The Kier molecular flexibility index (Phi) is 7.57. The molecule has 1 saturated carbocycles. The summed E-state index contributed by atoms with van der Waals surface area (Å²) in [5.41, 5.74) is 3.33. The standard InChI is InChI=1S/C32H32N2O5S2/c1-39-24-13-9-21(10-14-24)17-18-34-28-16-15-27(25-4-2-5-26(30(25)28)32(34)36)33-31(35)23-11-7-22(8-12-23)20-41(37,38)29-6-3-19-40-29/h2-6,9-10,13-16,19,22-23H,7-8,11-12,17-18,20H2,1H3,(H,33,35). The molecule has 0 unspecified atom stereocenters. The third-order valence-electron chi connectivity index (χ3n) is 8.30. The molecule has 2 heterocycles. The summed E-state index contributed by atoms with van der Waals surface area (Å²) in [6, 6.07) is 20.7. The van der Waals surface area contributed by atoms with Gasteiger partial charge >= 0.3 is 0 Å². The molecule has 1 aliphatic carbocycles. The van der Waals surface area contributed by atoms with Gasteiger partial charge in [0.25, 0.3) is 5.91 Å². The molecule has 0 saturated heterocycles. The molecule has 4 aromatic rings. The number of amides is 2. The van der Waals surface area contributed by atoms with Crippen molar-refractivity contribution in [3.05, 3.63) is 83.2 Å². The summed E-state index contributed by atoms with van der Waals surface area (Å²) in [5.74, 6) is 0.760. The van der Waals surface area contributed by atoms with Crippen LogP contribution in [-0.4, -0.2) is 39.6 Å². The average Bonchev–Trinajstić information content (AvgIpc) is 3.63. The van der Waals surface area contributed by atoms with Gasteiger partial charge in [0.1, 0.15) is 9.96 Å². The molecule has 6 rings (SSSR count). The van der Waals surface area contributed by atoms with Crippen LogP contribution in [0.25, 0.3) is 10.8 Å². The van der Waals surface area contributed by atoms with Crippen molar-refractivity contribution in [3.63, 3.8) is 0 Å². The zero-order valence-corrected chi connectivity index (χ0v) is 24.5. The number of carbonyl (C=O) groups excluding carboxylic acids is 2. The first-order valence-electron chi connectivity index (χ1n) is 13.9. The number of hydrogen-bond acceptors (Lipinski definition) is 6. The van der Waals surface area contributed by atoms with E-state index in [9.17, 15) is 18.0 Å². The van der Waals surface area contributed by atoms with Crippen molar-refractivity contribution in [1.82, 2.24) is 0 Å². The molecule has 7 nitrogen and oxygen atoms in total. The normalized spacial score (nSPS) is 18.6. The lowest BCUT2D eigenvalue weighted by atomic mass is 9.82. The number of nitrogens with zero attached hydrogens (tertiary/aromatic N) is 1. The molecule has 1 aromatic heterocycles. The van der Waals surface area contributed by atoms with Crippen LogP contribution in [0.4, 0.5) is 11.4 Å². The maximum atomic E-state index is 13.4. The van der Waals surface area contributed by atoms with Crippen LogP contribution in [0.1, 0.15) is 41.6 Å². The summed E-state index contributed by atoms with van der Waals surface area (Å²) in [6.07, 6.45) is 3.46. The Morgan fingerprint density at radius 1 is 1.00 bits per heavy atom. The Hall–Kier alpha value is -3.69. The number of carbonyl (C=O) groups is 2. The van der Waals surface area contributed by atoms with Crippen molar-refractivity contribution >= 4 is 55.1 Å². The molecule has 1 N–H and O–H groups in total. The molecule has 0 atom stereocenters. The van der Waals surface area contributed by atoms with E-state index in [0.29, 0.717) is 54.1 Å². The highest BCUT2D eigenvalue weighted by Crippen LogP contribution is 2.41. The first-order valence-corrected chi connectivity index (χ1v) is 16.4. The van der Waals surface area contributed by atoms with Crippen LogP contribution in [0.2, 0.25) is 0 Å². The number of sulfone groups is 1. The third kappa shape index (κ3) is 5.48. The molecule has 41 heavy (non-hydrogen) atoms. The summed E-state index contributed by atoms with van der Waals surface area (Å²) in [6.45, 7) is 0.548. The molecule has 0 radical (unpaired) electrons. The van der Waals surface area contributed by atoms with E-state index in [1.54, 1.807) is 24.6 Å². The fraction of sp³-hybridized carbons (Fsp3) is 0.312. The predicted octanol–water partition coefficient (Wildman–Crippen LogP) is 6.33. The van der Waals surface area contributed by atoms with Crippen molar-refractivity contribution in [2.75, 3.05) is 29.6 Å². The monoisotopic (exact) mass is 588 g/mol. The van der Waals surface area contributed by atoms with E-state index in [-0.39, 0.29) is 29.4 Å². The van der Waals surface area contributed by atoms with Crippen LogP contribution in [0.3, 0.4) is 0 Å². The Bertz CT molecular complexity index is 1690. The largest absolute Gasteiger partial charge is 0.497 e. The van der Waals surface area contributed by atoms with Crippen LogP contribution in [-0.2, 0) is 21.1 Å². The maximum Gasteiger partial charge on any atom is 0.259 e.